The number of unbranched alkanes of at least 4 members (excludes halogenated alkanes) is 4. The molecule has 0 aromatic rings. The Morgan fingerprint density at radius 2 is 1.77 bits per heavy atom. The van der Waals surface area contributed by atoms with E-state index in [1.165, 1.54) is 19.3 Å². The third-order valence-electron chi connectivity index (χ3n) is 1.90. The van der Waals surface area contributed by atoms with Crippen LogP contribution in [0.5, 0.6) is 0 Å². The molecule has 0 rings (SSSR count). The maximum Gasteiger partial charge on any atom is 0.154 e. The minimum atomic E-state index is -0.0437. The first kappa shape index (κ1) is 12.9. The van der Waals surface area contributed by atoms with Crippen molar-refractivity contribution in [3.63, 3.8) is 0 Å². The van der Waals surface area contributed by atoms with E-state index in [0.717, 1.165) is 26.1 Å². The maximum atomic E-state index is 5.42. The summed E-state index contributed by atoms with van der Waals surface area (Å²) in [4.78, 5) is 0. The van der Waals surface area contributed by atoms with Crippen LogP contribution < -0.4 is 0 Å². The Balaban J connectivity index is 2.97. The number of ether oxygens (including phenoxy) is 2. The van der Waals surface area contributed by atoms with Gasteiger partial charge in [0.15, 0.2) is 6.29 Å². The molecule has 1 atom stereocenters. The van der Waals surface area contributed by atoms with Crippen molar-refractivity contribution in [1.29, 1.82) is 0 Å². The smallest absolute Gasteiger partial charge is 0.154 e. The molecule has 0 amide bonds. The third kappa shape index (κ3) is 9.84. The van der Waals surface area contributed by atoms with Gasteiger partial charge in [0.2, 0.25) is 0 Å². The fourth-order valence-corrected chi connectivity index (χ4v) is 1.16. The van der Waals surface area contributed by atoms with Crippen molar-refractivity contribution in [3.05, 3.63) is 6.92 Å². The summed E-state index contributed by atoms with van der Waals surface area (Å²) in [5.74, 6) is 0. The van der Waals surface area contributed by atoms with Crippen molar-refractivity contribution in [3.8, 4) is 0 Å². The van der Waals surface area contributed by atoms with Crippen molar-refractivity contribution in [2.45, 2.75) is 52.2 Å². The minimum absolute atomic E-state index is 0.0437. The van der Waals surface area contributed by atoms with Gasteiger partial charge in [-0.1, -0.05) is 32.6 Å². The molecule has 1 unspecified atom stereocenters. The zero-order valence-corrected chi connectivity index (χ0v) is 9.05. The molecule has 0 saturated heterocycles. The van der Waals surface area contributed by atoms with E-state index in [1.54, 1.807) is 0 Å². The number of rotatable bonds is 9. The largest absolute Gasteiger partial charge is 0.353 e. The summed E-state index contributed by atoms with van der Waals surface area (Å²) < 4.78 is 10.7. The van der Waals surface area contributed by atoms with Gasteiger partial charge in [-0.05, 0) is 20.3 Å². The average Bonchev–Trinajstić information content (AvgIpc) is 2.11. The molecule has 0 aromatic carbocycles. The second-order valence-electron chi connectivity index (χ2n) is 3.16. The predicted octanol–water partition coefficient (Wildman–Crippen LogP) is 3.17. The van der Waals surface area contributed by atoms with Crippen LogP contribution in [-0.4, -0.2) is 19.5 Å². The van der Waals surface area contributed by atoms with Gasteiger partial charge in [0.05, 0.1) is 0 Å². The Morgan fingerprint density at radius 1 is 1.08 bits per heavy atom. The average molecular weight is 187 g/mol. The van der Waals surface area contributed by atoms with Crippen molar-refractivity contribution < 1.29 is 9.47 Å². The molecule has 0 aliphatic heterocycles. The van der Waals surface area contributed by atoms with Crippen molar-refractivity contribution >= 4 is 0 Å². The van der Waals surface area contributed by atoms with Gasteiger partial charge in [-0.3, -0.25) is 0 Å². The van der Waals surface area contributed by atoms with Crippen molar-refractivity contribution in [2.75, 3.05) is 13.2 Å². The lowest BCUT2D eigenvalue weighted by Crippen LogP contribution is -2.13. The van der Waals surface area contributed by atoms with Crippen LogP contribution in [0.15, 0.2) is 0 Å². The van der Waals surface area contributed by atoms with Gasteiger partial charge in [0.25, 0.3) is 0 Å². The van der Waals surface area contributed by atoms with E-state index in [-0.39, 0.29) is 6.29 Å². The van der Waals surface area contributed by atoms with Gasteiger partial charge in [-0.2, -0.15) is 0 Å². The Kier molecular flexibility index (Phi) is 9.94. The van der Waals surface area contributed by atoms with Gasteiger partial charge in [0.1, 0.15) is 0 Å². The Bertz CT molecular complexity index is 94.1. The molecule has 2 heteroatoms. The van der Waals surface area contributed by atoms with Gasteiger partial charge in [0, 0.05) is 13.2 Å². The van der Waals surface area contributed by atoms with E-state index in [9.17, 15) is 0 Å². The van der Waals surface area contributed by atoms with Gasteiger partial charge < -0.3 is 9.47 Å². The summed E-state index contributed by atoms with van der Waals surface area (Å²) >= 11 is 0. The fourth-order valence-electron chi connectivity index (χ4n) is 1.16. The SMILES string of the molecule is [CH2]CCCCCCOC(C)OCC. The highest BCUT2D eigenvalue weighted by molar-refractivity contribution is 4.45. The molecule has 79 valence electrons. The van der Waals surface area contributed by atoms with Crippen LogP contribution in [0, 0.1) is 6.92 Å². The van der Waals surface area contributed by atoms with Crippen LogP contribution in [0.2, 0.25) is 0 Å². The summed E-state index contributed by atoms with van der Waals surface area (Å²) in [5, 5.41) is 0. The molecule has 2 nitrogen and oxygen atoms in total. The minimum Gasteiger partial charge on any atom is -0.353 e. The van der Waals surface area contributed by atoms with E-state index >= 15 is 0 Å². The lowest BCUT2D eigenvalue weighted by Gasteiger charge is -2.12. The summed E-state index contributed by atoms with van der Waals surface area (Å²) in [6.45, 7) is 9.27. The lowest BCUT2D eigenvalue weighted by atomic mass is 10.2. The number of hydrogen-bond acceptors (Lipinski definition) is 2. The van der Waals surface area contributed by atoms with E-state index in [1.807, 2.05) is 13.8 Å². The van der Waals surface area contributed by atoms with Crippen LogP contribution in [0.3, 0.4) is 0 Å². The van der Waals surface area contributed by atoms with Crippen LogP contribution in [0.4, 0.5) is 0 Å². The summed E-state index contributed by atoms with van der Waals surface area (Å²) in [6.07, 6.45) is 5.90. The molecule has 0 N–H and O–H groups in total. The van der Waals surface area contributed by atoms with E-state index in [0.29, 0.717) is 0 Å². The highest BCUT2D eigenvalue weighted by Crippen LogP contribution is 2.03. The van der Waals surface area contributed by atoms with Crippen LogP contribution >= 0.6 is 0 Å². The van der Waals surface area contributed by atoms with Crippen molar-refractivity contribution in [2.24, 2.45) is 0 Å². The maximum absolute atomic E-state index is 5.42. The lowest BCUT2D eigenvalue weighted by molar-refractivity contribution is -0.127. The summed E-state index contributed by atoms with van der Waals surface area (Å²) in [7, 11) is 0. The van der Waals surface area contributed by atoms with Crippen LogP contribution in [0.25, 0.3) is 0 Å². The fraction of sp³-hybridized carbons (Fsp3) is 0.909. The summed E-state index contributed by atoms with van der Waals surface area (Å²) in [6, 6.07) is 0. The number of hydrogen-bond donors (Lipinski definition) is 0. The monoisotopic (exact) mass is 187 g/mol. The highest BCUT2D eigenvalue weighted by Gasteiger charge is 1.98. The molecule has 0 aliphatic rings. The highest BCUT2D eigenvalue weighted by atomic mass is 16.7. The van der Waals surface area contributed by atoms with Crippen LogP contribution in [-0.2, 0) is 9.47 Å². The Morgan fingerprint density at radius 3 is 2.38 bits per heavy atom. The second kappa shape index (κ2) is 10.0. The molecule has 1 radical (unpaired) electrons. The van der Waals surface area contributed by atoms with Gasteiger partial charge in [-0.15, -0.1) is 0 Å². The molecular formula is C11H23O2. The normalized spacial score (nSPS) is 13.2. The van der Waals surface area contributed by atoms with Gasteiger partial charge >= 0.3 is 0 Å². The topological polar surface area (TPSA) is 18.5 Å². The predicted molar refractivity (Wildman–Crippen MR) is 55.5 cm³/mol. The summed E-state index contributed by atoms with van der Waals surface area (Å²) in [5.41, 5.74) is 0. The first-order valence-electron chi connectivity index (χ1n) is 5.33. The second-order valence-corrected chi connectivity index (χ2v) is 3.16. The zero-order chi connectivity index (χ0) is 9.94. The van der Waals surface area contributed by atoms with E-state index < -0.39 is 0 Å². The third-order valence-corrected chi connectivity index (χ3v) is 1.90. The Hall–Kier alpha value is -0.0800. The van der Waals surface area contributed by atoms with Crippen LogP contribution in [0.1, 0.15) is 46.0 Å². The molecule has 0 saturated carbocycles. The standard InChI is InChI=1S/C11H23O2/c1-4-6-7-8-9-10-13-11(3)12-5-2/h11H,1,4-10H2,2-3H3. The quantitative estimate of drug-likeness (QED) is 0.408. The van der Waals surface area contributed by atoms with E-state index in [2.05, 4.69) is 6.92 Å². The molecule has 0 aromatic heterocycles. The Labute approximate surface area is 82.6 Å². The molecular weight excluding hydrogens is 164 g/mol. The zero-order valence-electron chi connectivity index (χ0n) is 9.05. The molecule has 0 bridgehead atoms. The van der Waals surface area contributed by atoms with Crippen molar-refractivity contribution in [1.82, 2.24) is 0 Å². The van der Waals surface area contributed by atoms with E-state index in [4.69, 9.17) is 9.47 Å². The molecule has 0 spiro atoms. The van der Waals surface area contributed by atoms with Gasteiger partial charge in [-0.25, -0.2) is 0 Å². The molecule has 0 fully saturated rings. The molecule has 0 heterocycles. The first-order chi connectivity index (χ1) is 6.31. The molecule has 13 heavy (non-hydrogen) atoms. The molecule has 0 aliphatic carbocycles. The first-order valence-corrected chi connectivity index (χ1v) is 5.33.